The SMILES string of the molecule is COC(=O)COc1cc(OC)c(C=NCC(C)N)c(OC)c1. The first-order valence-electron chi connectivity index (χ1n) is 6.72. The lowest BCUT2D eigenvalue weighted by atomic mass is 10.1. The van der Waals surface area contributed by atoms with Crippen LogP contribution in [0.5, 0.6) is 17.2 Å². The molecule has 0 aromatic heterocycles. The van der Waals surface area contributed by atoms with Crippen molar-refractivity contribution in [1.82, 2.24) is 0 Å². The molecule has 7 nitrogen and oxygen atoms in total. The van der Waals surface area contributed by atoms with Gasteiger partial charge in [0.25, 0.3) is 0 Å². The van der Waals surface area contributed by atoms with E-state index in [2.05, 4.69) is 9.73 Å². The van der Waals surface area contributed by atoms with Crippen LogP contribution in [0.2, 0.25) is 0 Å². The molecule has 2 N–H and O–H groups in total. The van der Waals surface area contributed by atoms with E-state index in [0.29, 0.717) is 29.4 Å². The van der Waals surface area contributed by atoms with E-state index in [1.54, 1.807) is 18.3 Å². The van der Waals surface area contributed by atoms with Crippen LogP contribution in [0.4, 0.5) is 0 Å². The summed E-state index contributed by atoms with van der Waals surface area (Å²) < 4.78 is 20.5. The molecule has 0 bridgehead atoms. The quantitative estimate of drug-likeness (QED) is 0.569. The molecule has 0 saturated heterocycles. The predicted molar refractivity (Wildman–Crippen MR) is 83.2 cm³/mol. The number of nitrogens with zero attached hydrogens (tertiary/aromatic N) is 1. The van der Waals surface area contributed by atoms with Gasteiger partial charge < -0.3 is 24.7 Å². The van der Waals surface area contributed by atoms with Crippen molar-refractivity contribution in [2.24, 2.45) is 10.7 Å². The van der Waals surface area contributed by atoms with Gasteiger partial charge in [-0.05, 0) is 6.92 Å². The molecular formula is C15H22N2O5. The maximum Gasteiger partial charge on any atom is 0.343 e. The minimum absolute atomic E-state index is 0.0316. The molecule has 0 fully saturated rings. The number of esters is 1. The molecule has 0 amide bonds. The van der Waals surface area contributed by atoms with Crippen LogP contribution in [0.25, 0.3) is 0 Å². The van der Waals surface area contributed by atoms with E-state index in [1.165, 1.54) is 21.3 Å². The van der Waals surface area contributed by atoms with Crippen LogP contribution in [-0.4, -0.2) is 52.7 Å². The largest absolute Gasteiger partial charge is 0.496 e. The summed E-state index contributed by atoms with van der Waals surface area (Å²) in [5.74, 6) is 1.00. The number of hydrogen-bond donors (Lipinski definition) is 1. The molecule has 22 heavy (non-hydrogen) atoms. The molecule has 0 aliphatic carbocycles. The summed E-state index contributed by atoms with van der Waals surface area (Å²) >= 11 is 0. The minimum atomic E-state index is -0.472. The van der Waals surface area contributed by atoms with Gasteiger partial charge in [0, 0.05) is 24.4 Å². The smallest absolute Gasteiger partial charge is 0.343 e. The molecule has 1 aromatic rings. The molecule has 1 unspecified atom stereocenters. The molecule has 0 spiro atoms. The Labute approximate surface area is 130 Å². The molecule has 0 aliphatic heterocycles. The highest BCUT2D eigenvalue weighted by Gasteiger charge is 2.13. The molecule has 122 valence electrons. The van der Waals surface area contributed by atoms with Crippen LogP contribution in [-0.2, 0) is 9.53 Å². The van der Waals surface area contributed by atoms with Crippen molar-refractivity contribution in [2.45, 2.75) is 13.0 Å². The van der Waals surface area contributed by atoms with Gasteiger partial charge in [0.1, 0.15) is 17.2 Å². The average molecular weight is 310 g/mol. The molecule has 0 radical (unpaired) electrons. The van der Waals surface area contributed by atoms with Crippen LogP contribution in [0.1, 0.15) is 12.5 Å². The number of carbonyl (C=O) groups excluding carboxylic acids is 1. The van der Waals surface area contributed by atoms with Crippen LogP contribution < -0.4 is 19.9 Å². The highest BCUT2D eigenvalue weighted by Crippen LogP contribution is 2.32. The lowest BCUT2D eigenvalue weighted by molar-refractivity contribution is -0.142. The lowest BCUT2D eigenvalue weighted by Gasteiger charge is -2.13. The van der Waals surface area contributed by atoms with E-state index in [0.717, 1.165) is 0 Å². The Hall–Kier alpha value is -2.28. The number of rotatable bonds is 8. The van der Waals surface area contributed by atoms with Crippen LogP contribution in [0.15, 0.2) is 17.1 Å². The standard InChI is InChI=1S/C15H22N2O5/c1-10(16)7-17-8-12-13(19-2)5-11(6-14(12)20-3)22-9-15(18)21-4/h5-6,8,10H,7,9,16H2,1-4H3. The lowest BCUT2D eigenvalue weighted by Crippen LogP contribution is -2.18. The Balaban J connectivity index is 3.02. The fourth-order valence-corrected chi connectivity index (χ4v) is 1.64. The summed E-state index contributed by atoms with van der Waals surface area (Å²) in [5.41, 5.74) is 6.34. The van der Waals surface area contributed by atoms with Gasteiger partial charge in [-0.1, -0.05) is 0 Å². The van der Waals surface area contributed by atoms with Gasteiger partial charge in [0.2, 0.25) is 0 Å². The Morgan fingerprint density at radius 2 is 1.86 bits per heavy atom. The molecule has 0 saturated carbocycles. The third kappa shape index (κ3) is 5.25. The molecule has 7 heteroatoms. The van der Waals surface area contributed by atoms with Gasteiger partial charge in [0.15, 0.2) is 6.61 Å². The van der Waals surface area contributed by atoms with Gasteiger partial charge in [-0.3, -0.25) is 4.99 Å². The summed E-state index contributed by atoms with van der Waals surface area (Å²) in [4.78, 5) is 15.4. The topological polar surface area (TPSA) is 92.4 Å². The monoisotopic (exact) mass is 310 g/mol. The van der Waals surface area contributed by atoms with Gasteiger partial charge in [-0.25, -0.2) is 4.79 Å². The van der Waals surface area contributed by atoms with Crippen LogP contribution >= 0.6 is 0 Å². The highest BCUT2D eigenvalue weighted by atomic mass is 16.6. The van der Waals surface area contributed by atoms with E-state index >= 15 is 0 Å². The minimum Gasteiger partial charge on any atom is -0.496 e. The first kappa shape index (κ1) is 17.8. The zero-order chi connectivity index (χ0) is 16.5. The fourth-order valence-electron chi connectivity index (χ4n) is 1.64. The Morgan fingerprint density at radius 3 is 2.32 bits per heavy atom. The zero-order valence-electron chi connectivity index (χ0n) is 13.3. The molecule has 0 aliphatic rings. The van der Waals surface area contributed by atoms with Gasteiger partial charge >= 0.3 is 5.97 Å². The number of benzene rings is 1. The fraction of sp³-hybridized carbons (Fsp3) is 0.467. The van der Waals surface area contributed by atoms with Crippen molar-refractivity contribution >= 4 is 12.2 Å². The molecule has 1 rings (SSSR count). The number of ether oxygens (including phenoxy) is 4. The van der Waals surface area contributed by atoms with E-state index in [-0.39, 0.29) is 12.6 Å². The second kappa shape index (κ2) is 8.89. The van der Waals surface area contributed by atoms with Gasteiger partial charge in [0.05, 0.1) is 33.4 Å². The highest BCUT2D eigenvalue weighted by molar-refractivity contribution is 5.88. The summed E-state index contributed by atoms with van der Waals surface area (Å²) in [6, 6.07) is 3.27. The molecule has 1 aromatic carbocycles. The van der Waals surface area contributed by atoms with Crippen molar-refractivity contribution in [3.8, 4) is 17.2 Å². The van der Waals surface area contributed by atoms with Crippen molar-refractivity contribution in [1.29, 1.82) is 0 Å². The van der Waals surface area contributed by atoms with Gasteiger partial charge in [-0.15, -0.1) is 0 Å². The normalized spacial score (nSPS) is 12.0. The second-order valence-electron chi connectivity index (χ2n) is 4.58. The Morgan fingerprint density at radius 1 is 1.27 bits per heavy atom. The van der Waals surface area contributed by atoms with Crippen molar-refractivity contribution in [3.05, 3.63) is 17.7 Å². The molecule has 0 heterocycles. The first-order chi connectivity index (χ1) is 10.5. The van der Waals surface area contributed by atoms with E-state index < -0.39 is 5.97 Å². The van der Waals surface area contributed by atoms with E-state index in [4.69, 9.17) is 19.9 Å². The number of aliphatic imine (C=N–C) groups is 1. The van der Waals surface area contributed by atoms with Crippen molar-refractivity contribution in [3.63, 3.8) is 0 Å². The second-order valence-corrected chi connectivity index (χ2v) is 4.58. The Kier molecular flexibility index (Phi) is 7.18. The average Bonchev–Trinajstić information content (AvgIpc) is 2.52. The van der Waals surface area contributed by atoms with E-state index in [9.17, 15) is 4.79 Å². The van der Waals surface area contributed by atoms with Gasteiger partial charge in [-0.2, -0.15) is 0 Å². The molecular weight excluding hydrogens is 288 g/mol. The van der Waals surface area contributed by atoms with Crippen molar-refractivity contribution in [2.75, 3.05) is 34.5 Å². The number of carbonyl (C=O) groups is 1. The van der Waals surface area contributed by atoms with Crippen LogP contribution in [0.3, 0.4) is 0 Å². The maximum atomic E-state index is 11.1. The first-order valence-corrected chi connectivity index (χ1v) is 6.72. The summed E-state index contributed by atoms with van der Waals surface area (Å²) in [5, 5.41) is 0. The number of methoxy groups -OCH3 is 3. The molecule has 1 atom stereocenters. The predicted octanol–water partition coefficient (Wildman–Crippen LogP) is 1.02. The zero-order valence-corrected chi connectivity index (χ0v) is 13.3. The summed E-state index contributed by atoms with van der Waals surface area (Å²) in [7, 11) is 4.36. The number of hydrogen-bond acceptors (Lipinski definition) is 7. The Bertz CT molecular complexity index is 504. The maximum absolute atomic E-state index is 11.1. The third-order valence-electron chi connectivity index (χ3n) is 2.72. The van der Waals surface area contributed by atoms with Crippen LogP contribution in [0, 0.1) is 0 Å². The van der Waals surface area contributed by atoms with Crippen molar-refractivity contribution < 1.29 is 23.7 Å². The number of nitrogens with two attached hydrogens (primary N) is 1. The summed E-state index contributed by atoms with van der Waals surface area (Å²) in [6.45, 7) is 2.17. The summed E-state index contributed by atoms with van der Waals surface area (Å²) in [6.07, 6.45) is 1.64. The van der Waals surface area contributed by atoms with E-state index in [1.807, 2.05) is 6.92 Å². The third-order valence-corrected chi connectivity index (χ3v) is 2.72.